The first-order chi connectivity index (χ1) is 11.4. The van der Waals surface area contributed by atoms with Gasteiger partial charge in [-0.3, -0.25) is 18.7 Å². The second-order valence-corrected chi connectivity index (χ2v) is 5.07. The summed E-state index contributed by atoms with van der Waals surface area (Å²) < 4.78 is 11.5. The smallest absolute Gasteiger partial charge is 0.341 e. The van der Waals surface area contributed by atoms with E-state index < -0.39 is 29.6 Å². The van der Waals surface area contributed by atoms with Crippen molar-refractivity contribution >= 4 is 17.6 Å². The summed E-state index contributed by atoms with van der Waals surface area (Å²) in [7, 11) is 1.25. The van der Waals surface area contributed by atoms with Crippen LogP contribution in [0.4, 0.5) is 5.82 Å². The molecule has 0 fully saturated rings. The molecule has 0 aromatic carbocycles. The zero-order chi connectivity index (χ0) is 17.9. The Morgan fingerprint density at radius 2 is 2.04 bits per heavy atom. The summed E-state index contributed by atoms with van der Waals surface area (Å²) in [6.07, 6.45) is 3.04. The van der Waals surface area contributed by atoms with Gasteiger partial charge in [0, 0.05) is 13.6 Å². The molecule has 2 heterocycles. The van der Waals surface area contributed by atoms with Gasteiger partial charge in [0.2, 0.25) is 5.78 Å². The predicted octanol–water partition coefficient (Wildman–Crippen LogP) is 0.172. The quantitative estimate of drug-likeness (QED) is 0.589. The van der Waals surface area contributed by atoms with Crippen LogP contribution in [0.15, 0.2) is 32.6 Å². The van der Waals surface area contributed by atoms with Crippen molar-refractivity contribution in [1.82, 2.24) is 9.13 Å². The van der Waals surface area contributed by atoms with Crippen LogP contribution in [0.2, 0.25) is 0 Å². The molecule has 2 aromatic rings. The minimum absolute atomic E-state index is 0.139. The van der Waals surface area contributed by atoms with E-state index in [-0.39, 0.29) is 23.5 Å². The van der Waals surface area contributed by atoms with Crippen molar-refractivity contribution in [3.05, 3.63) is 50.6 Å². The zero-order valence-corrected chi connectivity index (χ0v) is 13.3. The van der Waals surface area contributed by atoms with Crippen molar-refractivity contribution in [3.8, 4) is 0 Å². The molecule has 24 heavy (non-hydrogen) atoms. The van der Waals surface area contributed by atoms with Crippen molar-refractivity contribution in [2.75, 3.05) is 12.3 Å². The number of hydrogen-bond acceptors (Lipinski definition) is 7. The number of furan rings is 1. The topological polar surface area (TPSA) is 127 Å². The van der Waals surface area contributed by atoms with E-state index in [9.17, 15) is 19.2 Å². The maximum atomic E-state index is 12.3. The summed E-state index contributed by atoms with van der Waals surface area (Å²) in [5.41, 5.74) is 4.15. The fourth-order valence-corrected chi connectivity index (χ4v) is 2.15. The van der Waals surface area contributed by atoms with E-state index in [1.807, 2.05) is 6.92 Å². The van der Waals surface area contributed by atoms with Crippen molar-refractivity contribution in [1.29, 1.82) is 0 Å². The Morgan fingerprint density at radius 3 is 2.62 bits per heavy atom. The number of esters is 1. The van der Waals surface area contributed by atoms with Crippen LogP contribution >= 0.6 is 0 Å². The molecule has 0 amide bonds. The molecular formula is C15H17N3O6. The van der Waals surface area contributed by atoms with Crippen molar-refractivity contribution in [2.24, 2.45) is 7.05 Å². The number of carbonyl (C=O) groups excluding carboxylic acids is 2. The summed E-state index contributed by atoms with van der Waals surface area (Å²) in [6.45, 7) is 1.41. The highest BCUT2D eigenvalue weighted by Gasteiger charge is 2.22. The third-order valence-corrected chi connectivity index (χ3v) is 3.40. The molecule has 2 N–H and O–H groups in total. The molecule has 0 atom stereocenters. The first kappa shape index (κ1) is 17.3. The Morgan fingerprint density at radius 1 is 1.33 bits per heavy atom. The number of Topliss-reactive ketones (excluding diaryl/α,β-unsaturated/α-hetero) is 1. The van der Waals surface area contributed by atoms with Gasteiger partial charge in [0.1, 0.15) is 17.6 Å². The number of nitrogen functional groups attached to an aromatic ring is 1. The number of aromatic nitrogens is 2. The lowest BCUT2D eigenvalue weighted by Crippen LogP contribution is -2.43. The van der Waals surface area contributed by atoms with Gasteiger partial charge in [0.25, 0.3) is 5.56 Å². The van der Waals surface area contributed by atoms with Crippen LogP contribution in [-0.4, -0.2) is 27.5 Å². The van der Waals surface area contributed by atoms with Crippen LogP contribution in [0.3, 0.4) is 0 Å². The molecule has 2 rings (SSSR count). The minimum Gasteiger partial charge on any atom is -0.472 e. The van der Waals surface area contributed by atoms with Gasteiger partial charge >= 0.3 is 11.7 Å². The van der Waals surface area contributed by atoms with E-state index in [0.29, 0.717) is 6.42 Å². The molecule has 128 valence electrons. The van der Waals surface area contributed by atoms with Gasteiger partial charge in [-0.25, -0.2) is 9.59 Å². The molecule has 0 unspecified atom stereocenters. The van der Waals surface area contributed by atoms with Crippen LogP contribution in [0, 0.1) is 0 Å². The number of ketones is 1. The Bertz CT molecular complexity index is 876. The number of rotatable bonds is 6. The van der Waals surface area contributed by atoms with E-state index in [1.165, 1.54) is 25.6 Å². The lowest BCUT2D eigenvalue weighted by molar-refractivity contribution is 0.0473. The Labute approximate surface area is 136 Å². The summed E-state index contributed by atoms with van der Waals surface area (Å²) in [6, 6.07) is 1.38. The first-order valence-corrected chi connectivity index (χ1v) is 7.20. The minimum atomic E-state index is -0.825. The van der Waals surface area contributed by atoms with Gasteiger partial charge in [-0.05, 0) is 12.5 Å². The number of anilines is 1. The van der Waals surface area contributed by atoms with Crippen LogP contribution in [0.5, 0.6) is 0 Å². The van der Waals surface area contributed by atoms with Gasteiger partial charge in [-0.1, -0.05) is 6.92 Å². The molecule has 0 bridgehead atoms. The third-order valence-electron chi connectivity index (χ3n) is 3.40. The monoisotopic (exact) mass is 335 g/mol. The highest BCUT2D eigenvalue weighted by atomic mass is 16.5. The second-order valence-electron chi connectivity index (χ2n) is 5.07. The average molecular weight is 335 g/mol. The molecular weight excluding hydrogens is 318 g/mol. The summed E-state index contributed by atoms with van der Waals surface area (Å²) in [5, 5.41) is 0. The van der Waals surface area contributed by atoms with Gasteiger partial charge in [-0.2, -0.15) is 0 Å². The molecule has 0 radical (unpaired) electrons. The van der Waals surface area contributed by atoms with Crippen LogP contribution < -0.4 is 17.0 Å². The molecule has 0 aliphatic carbocycles. The van der Waals surface area contributed by atoms with Gasteiger partial charge in [0.15, 0.2) is 6.61 Å². The third kappa shape index (κ3) is 3.14. The fourth-order valence-electron chi connectivity index (χ4n) is 2.15. The highest BCUT2D eigenvalue weighted by molar-refractivity contribution is 6.02. The van der Waals surface area contributed by atoms with E-state index in [1.54, 1.807) is 0 Å². The number of hydrogen-bond donors (Lipinski definition) is 1. The molecule has 0 spiro atoms. The van der Waals surface area contributed by atoms with Crippen molar-refractivity contribution in [2.45, 2.75) is 19.9 Å². The van der Waals surface area contributed by atoms with Crippen molar-refractivity contribution < 1.29 is 18.7 Å². The second kappa shape index (κ2) is 6.99. The molecule has 9 heteroatoms. The van der Waals surface area contributed by atoms with E-state index in [4.69, 9.17) is 14.9 Å². The highest BCUT2D eigenvalue weighted by Crippen LogP contribution is 2.08. The fraction of sp³-hybridized carbons (Fsp3) is 0.333. The number of carbonyl (C=O) groups is 2. The maximum Gasteiger partial charge on any atom is 0.341 e. The van der Waals surface area contributed by atoms with E-state index >= 15 is 0 Å². The summed E-state index contributed by atoms with van der Waals surface area (Å²) in [4.78, 5) is 48.2. The summed E-state index contributed by atoms with van der Waals surface area (Å²) in [5.74, 6) is -1.78. The Kier molecular flexibility index (Phi) is 5.02. The maximum absolute atomic E-state index is 12.3. The van der Waals surface area contributed by atoms with Gasteiger partial charge < -0.3 is 14.9 Å². The van der Waals surface area contributed by atoms with E-state index in [0.717, 1.165) is 9.13 Å². The number of nitrogens with zero attached hydrogens (tertiary/aromatic N) is 2. The number of nitrogens with two attached hydrogens (primary N) is 1. The largest absolute Gasteiger partial charge is 0.472 e. The van der Waals surface area contributed by atoms with E-state index in [2.05, 4.69) is 0 Å². The lowest BCUT2D eigenvalue weighted by atomic mass is 10.2. The molecule has 2 aromatic heterocycles. The Balaban J connectivity index is 2.31. The normalized spacial score (nSPS) is 10.6. The first-order valence-electron chi connectivity index (χ1n) is 7.20. The molecule has 9 nitrogen and oxygen atoms in total. The predicted molar refractivity (Wildman–Crippen MR) is 84.0 cm³/mol. The Hall–Kier alpha value is -3.10. The van der Waals surface area contributed by atoms with Gasteiger partial charge in [0.05, 0.1) is 11.8 Å². The van der Waals surface area contributed by atoms with Crippen LogP contribution in [-0.2, 0) is 18.3 Å². The standard InChI is InChI=1S/C15H17N3O6/c1-3-5-18-12(16)11(13(20)17(2)15(18)22)10(19)8-24-14(21)9-4-6-23-7-9/h4,6-7H,3,5,8,16H2,1-2H3. The van der Waals surface area contributed by atoms with Crippen molar-refractivity contribution in [3.63, 3.8) is 0 Å². The van der Waals surface area contributed by atoms with Gasteiger partial charge in [-0.15, -0.1) is 0 Å². The SMILES string of the molecule is CCCn1c(N)c(C(=O)COC(=O)c2ccoc2)c(=O)n(C)c1=O. The van der Waals surface area contributed by atoms with Crippen LogP contribution in [0.25, 0.3) is 0 Å². The molecule has 0 saturated carbocycles. The van der Waals surface area contributed by atoms with Crippen LogP contribution in [0.1, 0.15) is 34.1 Å². The number of ether oxygens (including phenoxy) is 1. The lowest BCUT2D eigenvalue weighted by Gasteiger charge is -2.13. The molecule has 0 aliphatic heterocycles. The molecule has 0 aliphatic rings. The zero-order valence-electron chi connectivity index (χ0n) is 13.3. The average Bonchev–Trinajstić information content (AvgIpc) is 3.09. The summed E-state index contributed by atoms with van der Waals surface area (Å²) >= 11 is 0. The molecule has 0 saturated heterocycles.